The van der Waals surface area contributed by atoms with Gasteiger partial charge in [-0.2, -0.15) is 0 Å². The number of nitrogens with two attached hydrogens (primary N) is 1. The van der Waals surface area contributed by atoms with Crippen LogP contribution in [0.15, 0.2) is 30.6 Å². The van der Waals surface area contributed by atoms with Crippen LogP contribution in [0, 0.1) is 5.82 Å². The zero-order valence-corrected chi connectivity index (χ0v) is 10.2. The van der Waals surface area contributed by atoms with Crippen LogP contribution in [0.5, 0.6) is 0 Å². The molecule has 0 atom stereocenters. The molecule has 1 heterocycles. The predicted octanol–water partition coefficient (Wildman–Crippen LogP) is 0.819. The Labute approximate surface area is 109 Å². The van der Waals surface area contributed by atoms with Crippen molar-refractivity contribution in [2.45, 2.75) is 13.0 Å². The van der Waals surface area contributed by atoms with Gasteiger partial charge in [0.2, 0.25) is 0 Å². The van der Waals surface area contributed by atoms with Gasteiger partial charge in [-0.25, -0.2) is 4.39 Å². The maximum atomic E-state index is 13.1. The SMILES string of the molecule is Nc1cc(F)cc(C(=O)NCCCn2ccnn2)c1. The summed E-state index contributed by atoms with van der Waals surface area (Å²) in [5, 5.41) is 10.2. The van der Waals surface area contributed by atoms with Crippen LogP contribution < -0.4 is 11.1 Å². The number of aromatic nitrogens is 3. The van der Waals surface area contributed by atoms with Crippen molar-refractivity contribution in [1.29, 1.82) is 0 Å². The van der Waals surface area contributed by atoms with Gasteiger partial charge in [0.15, 0.2) is 0 Å². The molecule has 2 rings (SSSR count). The van der Waals surface area contributed by atoms with Gasteiger partial charge in [-0.05, 0) is 24.6 Å². The molecule has 1 aromatic heterocycles. The molecule has 0 aliphatic rings. The van der Waals surface area contributed by atoms with Crippen molar-refractivity contribution in [3.05, 3.63) is 42.0 Å². The molecule has 0 aliphatic heterocycles. The van der Waals surface area contributed by atoms with Gasteiger partial charge >= 0.3 is 0 Å². The van der Waals surface area contributed by atoms with E-state index in [1.54, 1.807) is 17.1 Å². The van der Waals surface area contributed by atoms with Crippen molar-refractivity contribution in [3.63, 3.8) is 0 Å². The fourth-order valence-electron chi connectivity index (χ4n) is 1.64. The lowest BCUT2D eigenvalue weighted by Crippen LogP contribution is -2.25. The summed E-state index contributed by atoms with van der Waals surface area (Å²) in [7, 11) is 0. The molecule has 0 unspecified atom stereocenters. The average Bonchev–Trinajstić information content (AvgIpc) is 2.86. The minimum atomic E-state index is -0.521. The molecule has 100 valence electrons. The van der Waals surface area contributed by atoms with Crippen LogP contribution in [-0.2, 0) is 6.54 Å². The number of hydrogen-bond donors (Lipinski definition) is 2. The Balaban J connectivity index is 1.80. The van der Waals surface area contributed by atoms with Crippen molar-refractivity contribution in [1.82, 2.24) is 20.3 Å². The number of amides is 1. The zero-order chi connectivity index (χ0) is 13.7. The highest BCUT2D eigenvalue weighted by atomic mass is 19.1. The summed E-state index contributed by atoms with van der Waals surface area (Å²) in [6.07, 6.45) is 4.04. The quantitative estimate of drug-likeness (QED) is 0.617. The Morgan fingerprint density at radius 2 is 2.26 bits per heavy atom. The van der Waals surface area contributed by atoms with Crippen LogP contribution in [0.25, 0.3) is 0 Å². The summed E-state index contributed by atoms with van der Waals surface area (Å²) in [5.41, 5.74) is 5.93. The van der Waals surface area contributed by atoms with Gasteiger partial charge < -0.3 is 11.1 Å². The zero-order valence-electron chi connectivity index (χ0n) is 10.2. The second-order valence-electron chi connectivity index (χ2n) is 4.05. The summed E-state index contributed by atoms with van der Waals surface area (Å²) in [6, 6.07) is 3.76. The van der Waals surface area contributed by atoms with Gasteiger partial charge in [-0.15, -0.1) is 5.10 Å². The van der Waals surface area contributed by atoms with Crippen LogP contribution in [0.2, 0.25) is 0 Å². The highest BCUT2D eigenvalue weighted by molar-refractivity contribution is 5.95. The maximum absolute atomic E-state index is 13.1. The molecule has 0 saturated carbocycles. The van der Waals surface area contributed by atoms with Crippen LogP contribution >= 0.6 is 0 Å². The van der Waals surface area contributed by atoms with E-state index in [1.807, 2.05) is 0 Å². The number of aryl methyl sites for hydroxylation is 1. The first kappa shape index (κ1) is 13.0. The topological polar surface area (TPSA) is 85.8 Å². The van der Waals surface area contributed by atoms with Gasteiger partial charge in [0.05, 0.1) is 6.20 Å². The molecule has 19 heavy (non-hydrogen) atoms. The van der Waals surface area contributed by atoms with Crippen molar-refractivity contribution in [2.75, 3.05) is 12.3 Å². The number of halogens is 1. The van der Waals surface area contributed by atoms with Crippen molar-refractivity contribution in [2.24, 2.45) is 0 Å². The van der Waals surface area contributed by atoms with E-state index in [1.165, 1.54) is 12.1 Å². The van der Waals surface area contributed by atoms with E-state index in [9.17, 15) is 9.18 Å². The van der Waals surface area contributed by atoms with E-state index in [-0.39, 0.29) is 17.2 Å². The van der Waals surface area contributed by atoms with Gasteiger partial charge in [-0.1, -0.05) is 5.21 Å². The van der Waals surface area contributed by atoms with E-state index >= 15 is 0 Å². The molecule has 6 nitrogen and oxygen atoms in total. The van der Waals surface area contributed by atoms with Crippen molar-refractivity contribution in [3.8, 4) is 0 Å². The summed E-state index contributed by atoms with van der Waals surface area (Å²) in [4.78, 5) is 11.7. The Morgan fingerprint density at radius 3 is 2.95 bits per heavy atom. The molecule has 1 amide bonds. The molecule has 1 aromatic carbocycles. The Kier molecular flexibility index (Phi) is 4.07. The smallest absolute Gasteiger partial charge is 0.251 e. The highest BCUT2D eigenvalue weighted by Gasteiger charge is 2.07. The van der Waals surface area contributed by atoms with Crippen LogP contribution in [0.4, 0.5) is 10.1 Å². The lowest BCUT2D eigenvalue weighted by atomic mass is 10.2. The lowest BCUT2D eigenvalue weighted by molar-refractivity contribution is 0.0952. The highest BCUT2D eigenvalue weighted by Crippen LogP contribution is 2.10. The second-order valence-corrected chi connectivity index (χ2v) is 4.05. The van der Waals surface area contributed by atoms with Gasteiger partial charge in [0.25, 0.3) is 5.91 Å². The lowest BCUT2D eigenvalue weighted by Gasteiger charge is -2.06. The van der Waals surface area contributed by atoms with E-state index in [2.05, 4.69) is 15.6 Å². The number of nitrogen functional groups attached to an aromatic ring is 1. The number of carbonyl (C=O) groups is 1. The molecule has 0 saturated heterocycles. The number of rotatable bonds is 5. The molecule has 0 aliphatic carbocycles. The molecule has 0 fully saturated rings. The third-order valence-corrected chi connectivity index (χ3v) is 2.50. The molecule has 2 aromatic rings. The Morgan fingerprint density at radius 1 is 1.42 bits per heavy atom. The van der Waals surface area contributed by atoms with Crippen LogP contribution in [-0.4, -0.2) is 27.4 Å². The summed E-state index contributed by atoms with van der Waals surface area (Å²) in [6.45, 7) is 1.13. The van der Waals surface area contributed by atoms with Gasteiger partial charge in [0, 0.05) is 30.5 Å². The third-order valence-electron chi connectivity index (χ3n) is 2.50. The standard InChI is InChI=1S/C12H14FN5O/c13-10-6-9(7-11(14)8-10)12(19)15-2-1-4-18-5-3-16-17-18/h3,5-8H,1-2,4,14H2,(H,15,19). The molecular weight excluding hydrogens is 249 g/mol. The largest absolute Gasteiger partial charge is 0.399 e. The molecule has 7 heteroatoms. The first-order valence-corrected chi connectivity index (χ1v) is 5.83. The minimum absolute atomic E-state index is 0.221. The van der Waals surface area contributed by atoms with Crippen LogP contribution in [0.3, 0.4) is 0 Å². The summed E-state index contributed by atoms with van der Waals surface area (Å²) in [5.74, 6) is -0.863. The van der Waals surface area contributed by atoms with Gasteiger partial charge in [-0.3, -0.25) is 9.48 Å². The van der Waals surface area contributed by atoms with Crippen LogP contribution in [0.1, 0.15) is 16.8 Å². The fourth-order valence-corrected chi connectivity index (χ4v) is 1.64. The van der Waals surface area contributed by atoms with E-state index in [0.717, 1.165) is 6.07 Å². The normalized spacial score (nSPS) is 10.4. The van der Waals surface area contributed by atoms with Gasteiger partial charge in [0.1, 0.15) is 5.82 Å². The predicted molar refractivity (Wildman–Crippen MR) is 67.8 cm³/mol. The fraction of sp³-hybridized carbons (Fsp3) is 0.250. The number of hydrogen-bond acceptors (Lipinski definition) is 4. The van der Waals surface area contributed by atoms with E-state index in [4.69, 9.17) is 5.73 Å². The summed E-state index contributed by atoms with van der Waals surface area (Å²) >= 11 is 0. The molecule has 0 radical (unpaired) electrons. The molecule has 0 bridgehead atoms. The third kappa shape index (κ3) is 3.77. The van der Waals surface area contributed by atoms with Crippen molar-refractivity contribution < 1.29 is 9.18 Å². The first-order chi connectivity index (χ1) is 9.15. The summed E-state index contributed by atoms with van der Waals surface area (Å²) < 4.78 is 14.8. The van der Waals surface area contributed by atoms with E-state index < -0.39 is 5.82 Å². The Hall–Kier alpha value is -2.44. The monoisotopic (exact) mass is 263 g/mol. The molecular formula is C12H14FN5O. The number of nitrogens with zero attached hydrogens (tertiary/aromatic N) is 3. The second kappa shape index (κ2) is 5.94. The maximum Gasteiger partial charge on any atom is 0.251 e. The molecule has 3 N–H and O–H groups in total. The minimum Gasteiger partial charge on any atom is -0.399 e. The van der Waals surface area contributed by atoms with Crippen molar-refractivity contribution >= 4 is 11.6 Å². The first-order valence-electron chi connectivity index (χ1n) is 5.83. The number of benzene rings is 1. The number of nitrogens with one attached hydrogen (secondary N) is 1. The number of carbonyl (C=O) groups excluding carboxylic acids is 1. The Bertz CT molecular complexity index is 535. The average molecular weight is 263 g/mol. The number of anilines is 1. The molecule has 0 spiro atoms. The van der Waals surface area contributed by atoms with E-state index in [0.29, 0.717) is 19.5 Å².